The van der Waals surface area contributed by atoms with Gasteiger partial charge in [0.1, 0.15) is 0 Å². The Bertz CT molecular complexity index is 288. The molecule has 0 radical (unpaired) electrons. The van der Waals surface area contributed by atoms with Crippen LogP contribution in [0.5, 0.6) is 0 Å². The summed E-state index contributed by atoms with van der Waals surface area (Å²) >= 11 is 0. The van der Waals surface area contributed by atoms with Gasteiger partial charge in [0.05, 0.1) is 6.26 Å². The average molecular weight is 298 g/mol. The lowest BCUT2D eigenvalue weighted by molar-refractivity contribution is 0.490. The highest BCUT2D eigenvalue weighted by Gasteiger charge is 2.33. The van der Waals surface area contributed by atoms with E-state index in [0.717, 1.165) is 0 Å². The summed E-state index contributed by atoms with van der Waals surface area (Å²) < 4.78 is 25.9. The Balaban J connectivity index is 0. The van der Waals surface area contributed by atoms with E-state index >= 15 is 0 Å². The van der Waals surface area contributed by atoms with Gasteiger partial charge in [0.2, 0.25) is 0 Å². The summed E-state index contributed by atoms with van der Waals surface area (Å²) in [4.78, 5) is 0. The summed E-state index contributed by atoms with van der Waals surface area (Å²) in [5.74, 6) is 0. The van der Waals surface area contributed by atoms with Gasteiger partial charge in [0.25, 0.3) is 10.1 Å². The van der Waals surface area contributed by atoms with Gasteiger partial charge in [-0.2, -0.15) is 8.42 Å². The van der Waals surface area contributed by atoms with Gasteiger partial charge in [-0.25, -0.2) is 0 Å². The van der Waals surface area contributed by atoms with E-state index in [2.05, 4.69) is 48.5 Å². The molecule has 18 heavy (non-hydrogen) atoms. The molecule has 112 valence electrons. The van der Waals surface area contributed by atoms with Crippen LogP contribution >= 0.6 is 7.92 Å². The lowest BCUT2D eigenvalue weighted by Crippen LogP contribution is -2.26. The summed E-state index contributed by atoms with van der Waals surface area (Å²) in [6, 6.07) is 0. The molecule has 0 aromatic rings. The molecular weight excluding hydrogens is 267 g/mol. The van der Waals surface area contributed by atoms with Crippen molar-refractivity contribution >= 4 is 18.0 Å². The standard InChI is InChI=1S/C12H27P.CH4O3S/c1-8-9-10-13(11(2,3)4)12(5,6)7;1-5(2,3)4/h8-10H2,1-7H3;1H3,(H,2,3,4). The third-order valence-corrected chi connectivity index (χ3v) is 6.36. The van der Waals surface area contributed by atoms with Crippen LogP contribution in [-0.4, -0.2) is 35.7 Å². The first kappa shape index (κ1) is 20.7. The molecule has 0 saturated carbocycles. The molecule has 0 saturated heterocycles. The first-order valence-corrected chi connectivity index (χ1v) is 9.77. The van der Waals surface area contributed by atoms with Crippen LogP contribution in [0.1, 0.15) is 61.3 Å². The van der Waals surface area contributed by atoms with Gasteiger partial charge in [0.15, 0.2) is 0 Å². The molecule has 0 unspecified atom stereocenters. The molecule has 0 aliphatic heterocycles. The van der Waals surface area contributed by atoms with E-state index in [1.54, 1.807) is 0 Å². The monoisotopic (exact) mass is 298 g/mol. The molecule has 0 aliphatic rings. The van der Waals surface area contributed by atoms with Gasteiger partial charge in [-0.1, -0.05) is 62.8 Å². The fourth-order valence-electron chi connectivity index (χ4n) is 1.99. The average Bonchev–Trinajstić information content (AvgIpc) is 1.95. The van der Waals surface area contributed by atoms with Crippen molar-refractivity contribution in [3.63, 3.8) is 0 Å². The molecule has 0 heterocycles. The highest BCUT2D eigenvalue weighted by molar-refractivity contribution is 7.85. The first-order valence-electron chi connectivity index (χ1n) is 6.39. The van der Waals surface area contributed by atoms with E-state index < -0.39 is 10.1 Å². The summed E-state index contributed by atoms with van der Waals surface area (Å²) in [6.07, 6.45) is 4.90. The lowest BCUT2D eigenvalue weighted by Gasteiger charge is -2.41. The molecule has 0 atom stereocenters. The second-order valence-corrected chi connectivity index (χ2v) is 12.0. The van der Waals surface area contributed by atoms with Crippen molar-refractivity contribution in [3.05, 3.63) is 0 Å². The molecular formula is C13H31O3PS. The predicted molar refractivity (Wildman–Crippen MR) is 83.7 cm³/mol. The maximum absolute atomic E-state index is 9.19. The minimum absolute atomic E-state index is 0.151. The van der Waals surface area contributed by atoms with Gasteiger partial charge in [-0.05, 0) is 22.9 Å². The highest BCUT2D eigenvalue weighted by atomic mass is 32.2. The SMILES string of the molecule is CCCCP(C(C)(C)C)C(C)(C)C.CS(=O)(=O)O. The quantitative estimate of drug-likeness (QED) is 0.622. The van der Waals surface area contributed by atoms with E-state index in [4.69, 9.17) is 4.55 Å². The van der Waals surface area contributed by atoms with Crippen LogP contribution in [-0.2, 0) is 10.1 Å². The summed E-state index contributed by atoms with van der Waals surface area (Å²) in [6.45, 7) is 16.7. The molecule has 3 nitrogen and oxygen atoms in total. The molecule has 0 fully saturated rings. The summed E-state index contributed by atoms with van der Waals surface area (Å²) in [5, 5.41) is 1.03. The molecule has 1 N–H and O–H groups in total. The van der Waals surface area contributed by atoms with Gasteiger partial charge in [-0.15, -0.1) is 0 Å². The van der Waals surface area contributed by atoms with E-state index in [-0.39, 0.29) is 7.92 Å². The van der Waals surface area contributed by atoms with Crippen LogP contribution in [0.25, 0.3) is 0 Å². The number of unbranched alkanes of at least 4 members (excludes halogenated alkanes) is 1. The van der Waals surface area contributed by atoms with Crippen molar-refractivity contribution in [3.8, 4) is 0 Å². The Morgan fingerprint density at radius 3 is 1.44 bits per heavy atom. The Labute approximate surface area is 115 Å². The zero-order valence-electron chi connectivity index (χ0n) is 13.2. The second-order valence-electron chi connectivity index (χ2n) is 6.58. The van der Waals surface area contributed by atoms with Crippen molar-refractivity contribution in [2.45, 2.75) is 71.6 Å². The Morgan fingerprint density at radius 1 is 1.00 bits per heavy atom. The molecule has 5 heteroatoms. The third kappa shape index (κ3) is 14.4. The van der Waals surface area contributed by atoms with E-state index in [1.807, 2.05) is 0 Å². The molecule has 0 spiro atoms. The van der Waals surface area contributed by atoms with Crippen LogP contribution in [0.15, 0.2) is 0 Å². The molecule has 0 rings (SSSR count). The molecule has 0 bridgehead atoms. The van der Waals surface area contributed by atoms with E-state index in [1.165, 1.54) is 19.0 Å². The smallest absolute Gasteiger partial charge is 0.261 e. The fraction of sp³-hybridized carbons (Fsp3) is 1.00. The van der Waals surface area contributed by atoms with E-state index in [0.29, 0.717) is 16.6 Å². The zero-order valence-corrected chi connectivity index (χ0v) is 15.0. The van der Waals surface area contributed by atoms with Crippen LogP contribution in [0.2, 0.25) is 0 Å². The van der Waals surface area contributed by atoms with Crippen molar-refractivity contribution in [2.75, 3.05) is 12.4 Å². The van der Waals surface area contributed by atoms with Gasteiger partial charge < -0.3 is 0 Å². The third-order valence-electron chi connectivity index (χ3n) is 2.35. The number of rotatable bonds is 3. The van der Waals surface area contributed by atoms with Gasteiger partial charge >= 0.3 is 0 Å². The zero-order chi connectivity index (χ0) is 15.2. The van der Waals surface area contributed by atoms with Crippen molar-refractivity contribution in [2.24, 2.45) is 0 Å². The molecule has 0 aliphatic carbocycles. The van der Waals surface area contributed by atoms with Crippen LogP contribution in [0.4, 0.5) is 0 Å². The second kappa shape index (κ2) is 7.81. The Morgan fingerprint density at radius 2 is 1.28 bits per heavy atom. The Kier molecular flexibility index (Phi) is 8.97. The molecule has 0 aromatic carbocycles. The van der Waals surface area contributed by atoms with Gasteiger partial charge in [-0.3, -0.25) is 4.55 Å². The van der Waals surface area contributed by atoms with E-state index in [9.17, 15) is 8.42 Å². The minimum Gasteiger partial charge on any atom is -0.286 e. The largest absolute Gasteiger partial charge is 0.286 e. The molecule has 0 amide bonds. The fourth-order valence-corrected chi connectivity index (χ4v) is 5.98. The predicted octanol–water partition coefficient (Wildman–Crippen LogP) is 4.37. The number of hydrogen-bond donors (Lipinski definition) is 1. The van der Waals surface area contributed by atoms with Crippen molar-refractivity contribution in [1.82, 2.24) is 0 Å². The Hall–Kier alpha value is 0.340. The minimum atomic E-state index is -3.67. The molecule has 0 aromatic heterocycles. The van der Waals surface area contributed by atoms with Crippen molar-refractivity contribution < 1.29 is 13.0 Å². The van der Waals surface area contributed by atoms with Crippen LogP contribution in [0.3, 0.4) is 0 Å². The maximum atomic E-state index is 9.19. The normalized spacial score (nSPS) is 13.2. The first-order chi connectivity index (χ1) is 7.69. The highest BCUT2D eigenvalue weighted by Crippen LogP contribution is 2.59. The topological polar surface area (TPSA) is 54.4 Å². The maximum Gasteiger partial charge on any atom is 0.261 e. The van der Waals surface area contributed by atoms with Crippen LogP contribution in [0, 0.1) is 0 Å². The summed E-state index contributed by atoms with van der Waals surface area (Å²) in [7, 11) is -3.52. The summed E-state index contributed by atoms with van der Waals surface area (Å²) in [5.41, 5.74) is 0. The van der Waals surface area contributed by atoms with Crippen molar-refractivity contribution in [1.29, 1.82) is 0 Å². The van der Waals surface area contributed by atoms with Crippen LogP contribution < -0.4 is 0 Å². The number of hydrogen-bond acceptors (Lipinski definition) is 2. The van der Waals surface area contributed by atoms with Gasteiger partial charge in [0, 0.05) is 0 Å². The lowest BCUT2D eigenvalue weighted by atomic mass is 10.2.